The monoisotopic (exact) mass is 286 g/mol. The van der Waals surface area contributed by atoms with Gasteiger partial charge in [0.05, 0.1) is 5.33 Å². The third kappa shape index (κ3) is 2.36. The molecule has 1 aromatic carbocycles. The van der Waals surface area contributed by atoms with Gasteiger partial charge >= 0.3 is 0 Å². The minimum atomic E-state index is 0.721. The van der Waals surface area contributed by atoms with Crippen LogP contribution in [-0.2, 0) is 0 Å². The molecule has 2 heteroatoms. The fraction of sp³-hybridized carbons (Fsp3) is 0.200. The van der Waals surface area contributed by atoms with Crippen LogP contribution in [-0.4, -0.2) is 5.33 Å². The number of halogens is 2. The number of rotatable bonds is 0. The third-order valence-electron chi connectivity index (χ3n) is 1.56. The Morgan fingerprint density at radius 2 is 2.17 bits per heavy atom. The molecule has 0 saturated heterocycles. The lowest BCUT2D eigenvalue weighted by molar-refractivity contribution is 1.40. The Kier molecular flexibility index (Phi) is 3.84. The molecule has 0 aliphatic heterocycles. The molecule has 0 bridgehead atoms. The summed E-state index contributed by atoms with van der Waals surface area (Å²) in [5.74, 6) is 6.05. The molecule has 0 radical (unpaired) electrons. The Balaban J connectivity index is 3.08. The molecule has 1 aromatic rings. The van der Waals surface area contributed by atoms with Crippen molar-refractivity contribution in [2.45, 2.75) is 6.92 Å². The van der Waals surface area contributed by atoms with Gasteiger partial charge in [-0.15, -0.1) is 0 Å². The lowest BCUT2D eigenvalue weighted by Gasteiger charge is -1.99. The average Bonchev–Trinajstić information content (AvgIpc) is 2.08. The Hall–Kier alpha value is -0.260. The van der Waals surface area contributed by atoms with Crippen LogP contribution in [0.15, 0.2) is 22.7 Å². The van der Waals surface area contributed by atoms with E-state index in [0.717, 1.165) is 15.4 Å². The lowest BCUT2D eigenvalue weighted by Crippen LogP contribution is -1.82. The van der Waals surface area contributed by atoms with Crippen LogP contribution in [0.5, 0.6) is 0 Å². The normalized spacial score (nSPS) is 8.92. The van der Waals surface area contributed by atoms with Crippen molar-refractivity contribution in [3.8, 4) is 11.8 Å². The van der Waals surface area contributed by atoms with E-state index in [1.165, 1.54) is 5.56 Å². The van der Waals surface area contributed by atoms with Crippen molar-refractivity contribution in [1.29, 1.82) is 0 Å². The Bertz CT molecular complexity index is 331. The molecular formula is C10H8Br2. The molecule has 1 rings (SSSR count). The summed E-state index contributed by atoms with van der Waals surface area (Å²) in [6, 6.07) is 6.04. The first-order valence-corrected chi connectivity index (χ1v) is 5.47. The van der Waals surface area contributed by atoms with E-state index < -0.39 is 0 Å². The summed E-state index contributed by atoms with van der Waals surface area (Å²) in [4.78, 5) is 0. The molecule has 0 aliphatic carbocycles. The molecule has 0 heterocycles. The Morgan fingerprint density at radius 3 is 2.83 bits per heavy atom. The summed E-state index contributed by atoms with van der Waals surface area (Å²) < 4.78 is 1.11. The van der Waals surface area contributed by atoms with E-state index in [0.29, 0.717) is 0 Å². The molecule has 0 amide bonds. The van der Waals surface area contributed by atoms with Gasteiger partial charge in [-0.2, -0.15) is 0 Å². The fourth-order valence-electron chi connectivity index (χ4n) is 0.872. The highest BCUT2D eigenvalue weighted by Crippen LogP contribution is 2.18. The molecule has 0 saturated carbocycles. The van der Waals surface area contributed by atoms with Gasteiger partial charge in [-0.3, -0.25) is 0 Å². The van der Waals surface area contributed by atoms with E-state index in [2.05, 4.69) is 50.6 Å². The Morgan fingerprint density at radius 1 is 1.42 bits per heavy atom. The van der Waals surface area contributed by atoms with E-state index in [-0.39, 0.29) is 0 Å². The van der Waals surface area contributed by atoms with Gasteiger partial charge in [0, 0.05) is 10.0 Å². The van der Waals surface area contributed by atoms with Crippen LogP contribution in [0.4, 0.5) is 0 Å². The SMILES string of the molecule is Cc1c(Br)cccc1C#CCBr. The summed E-state index contributed by atoms with van der Waals surface area (Å²) in [5.41, 5.74) is 2.29. The molecule has 0 fully saturated rings. The largest absolute Gasteiger partial charge is 0.0863 e. The summed E-state index contributed by atoms with van der Waals surface area (Å²) >= 11 is 6.72. The van der Waals surface area contributed by atoms with Gasteiger partial charge in [0.25, 0.3) is 0 Å². The van der Waals surface area contributed by atoms with Crippen molar-refractivity contribution in [1.82, 2.24) is 0 Å². The Labute approximate surface area is 89.6 Å². The highest BCUT2D eigenvalue weighted by atomic mass is 79.9. The van der Waals surface area contributed by atoms with Crippen LogP contribution in [0.25, 0.3) is 0 Å². The molecule has 0 nitrogen and oxygen atoms in total. The van der Waals surface area contributed by atoms with Gasteiger partial charge < -0.3 is 0 Å². The quantitative estimate of drug-likeness (QED) is 0.506. The van der Waals surface area contributed by atoms with Crippen LogP contribution < -0.4 is 0 Å². The van der Waals surface area contributed by atoms with E-state index in [1.807, 2.05) is 18.2 Å². The summed E-state index contributed by atoms with van der Waals surface area (Å²) in [6.07, 6.45) is 0. The van der Waals surface area contributed by atoms with Crippen molar-refractivity contribution in [3.05, 3.63) is 33.8 Å². The van der Waals surface area contributed by atoms with Crippen molar-refractivity contribution in [2.75, 3.05) is 5.33 Å². The van der Waals surface area contributed by atoms with Gasteiger partial charge in [0.15, 0.2) is 0 Å². The molecule has 0 atom stereocenters. The first-order valence-electron chi connectivity index (χ1n) is 3.55. The smallest absolute Gasteiger partial charge is 0.0649 e. The van der Waals surface area contributed by atoms with Crippen LogP contribution in [0.3, 0.4) is 0 Å². The zero-order valence-corrected chi connectivity index (χ0v) is 9.87. The molecule has 0 N–H and O–H groups in total. The standard InChI is InChI=1S/C10H8Br2/c1-8-9(5-3-7-11)4-2-6-10(8)12/h2,4,6H,7H2,1H3. The molecule has 0 aromatic heterocycles. The van der Waals surface area contributed by atoms with Crippen molar-refractivity contribution < 1.29 is 0 Å². The lowest BCUT2D eigenvalue weighted by atomic mass is 10.1. The maximum atomic E-state index is 3.46. The second-order valence-corrected chi connectivity index (χ2v) is 3.76. The summed E-state index contributed by atoms with van der Waals surface area (Å²) in [7, 11) is 0. The maximum absolute atomic E-state index is 3.46. The van der Waals surface area contributed by atoms with Crippen molar-refractivity contribution in [3.63, 3.8) is 0 Å². The van der Waals surface area contributed by atoms with E-state index in [4.69, 9.17) is 0 Å². The summed E-state index contributed by atoms with van der Waals surface area (Å²) in [5, 5.41) is 0.721. The van der Waals surface area contributed by atoms with Gasteiger partial charge in [0.2, 0.25) is 0 Å². The van der Waals surface area contributed by atoms with Gasteiger partial charge in [0.1, 0.15) is 0 Å². The van der Waals surface area contributed by atoms with Crippen molar-refractivity contribution in [2.24, 2.45) is 0 Å². The van der Waals surface area contributed by atoms with E-state index in [9.17, 15) is 0 Å². The zero-order chi connectivity index (χ0) is 8.97. The van der Waals surface area contributed by atoms with Crippen LogP contribution in [0.1, 0.15) is 11.1 Å². The second-order valence-electron chi connectivity index (χ2n) is 2.35. The van der Waals surface area contributed by atoms with Crippen molar-refractivity contribution >= 4 is 31.9 Å². The molecule has 0 spiro atoms. The minimum Gasteiger partial charge on any atom is -0.0863 e. The molecule has 0 aliphatic rings. The number of alkyl halides is 1. The molecule has 0 unspecified atom stereocenters. The predicted molar refractivity (Wildman–Crippen MR) is 59.6 cm³/mol. The fourth-order valence-corrected chi connectivity index (χ4v) is 1.38. The zero-order valence-electron chi connectivity index (χ0n) is 6.70. The maximum Gasteiger partial charge on any atom is 0.0649 e. The number of hydrogen-bond acceptors (Lipinski definition) is 0. The summed E-state index contributed by atoms with van der Waals surface area (Å²) in [6.45, 7) is 2.06. The third-order valence-corrected chi connectivity index (χ3v) is 2.70. The van der Waals surface area contributed by atoms with Gasteiger partial charge in [-0.05, 0) is 24.6 Å². The first-order chi connectivity index (χ1) is 5.75. The predicted octanol–water partition coefficient (Wildman–Crippen LogP) is 3.50. The van der Waals surface area contributed by atoms with Crippen LogP contribution >= 0.6 is 31.9 Å². The van der Waals surface area contributed by atoms with Crippen LogP contribution in [0, 0.1) is 18.8 Å². The number of hydrogen-bond donors (Lipinski definition) is 0. The first kappa shape index (κ1) is 9.83. The van der Waals surface area contributed by atoms with E-state index in [1.54, 1.807) is 0 Å². The highest BCUT2D eigenvalue weighted by molar-refractivity contribution is 9.10. The van der Waals surface area contributed by atoms with E-state index >= 15 is 0 Å². The molecule has 62 valence electrons. The minimum absolute atomic E-state index is 0.721. The van der Waals surface area contributed by atoms with Gasteiger partial charge in [-0.25, -0.2) is 0 Å². The highest BCUT2D eigenvalue weighted by Gasteiger charge is 1.96. The second kappa shape index (κ2) is 4.69. The van der Waals surface area contributed by atoms with Gasteiger partial charge in [-0.1, -0.05) is 49.8 Å². The topological polar surface area (TPSA) is 0 Å². The average molecular weight is 288 g/mol. The number of benzene rings is 1. The molecular weight excluding hydrogens is 280 g/mol. The van der Waals surface area contributed by atoms with Crippen LogP contribution in [0.2, 0.25) is 0 Å². The molecule has 12 heavy (non-hydrogen) atoms.